The van der Waals surface area contributed by atoms with Crippen LogP contribution in [0.5, 0.6) is 5.75 Å². The highest BCUT2D eigenvalue weighted by Gasteiger charge is 2.32. The Kier molecular flexibility index (Phi) is 4.80. The smallest absolute Gasteiger partial charge is 0.332 e. The van der Waals surface area contributed by atoms with Gasteiger partial charge in [-0.25, -0.2) is 4.79 Å². The van der Waals surface area contributed by atoms with Gasteiger partial charge in [0.2, 0.25) is 5.91 Å². The molecule has 1 aliphatic heterocycles. The minimum Gasteiger partial charge on any atom is -0.489 e. The highest BCUT2D eigenvalue weighted by molar-refractivity contribution is 5.94. The largest absolute Gasteiger partial charge is 0.489 e. The lowest BCUT2D eigenvalue weighted by Gasteiger charge is -2.27. The van der Waals surface area contributed by atoms with Crippen LogP contribution in [0.2, 0.25) is 0 Å². The van der Waals surface area contributed by atoms with Crippen LogP contribution in [0.15, 0.2) is 64.2 Å². The lowest BCUT2D eigenvalue weighted by molar-refractivity contribution is -0.116. The summed E-state index contributed by atoms with van der Waals surface area (Å²) in [6.45, 7) is 0.456. The summed E-state index contributed by atoms with van der Waals surface area (Å²) in [7, 11) is 2.99. The predicted octanol–water partition coefficient (Wildman–Crippen LogP) is 2.14. The van der Waals surface area contributed by atoms with Crippen molar-refractivity contribution < 1.29 is 9.53 Å². The van der Waals surface area contributed by atoms with Crippen molar-refractivity contribution >= 4 is 11.7 Å². The molecule has 4 rings (SSSR count). The van der Waals surface area contributed by atoms with Crippen LogP contribution in [0.3, 0.4) is 0 Å². The first-order valence-corrected chi connectivity index (χ1v) is 9.32. The molecule has 1 amide bonds. The molecule has 0 unspecified atom stereocenters. The van der Waals surface area contributed by atoms with Gasteiger partial charge < -0.3 is 10.1 Å². The molecule has 0 radical (unpaired) electrons. The van der Waals surface area contributed by atoms with Crippen molar-refractivity contribution in [1.29, 1.82) is 0 Å². The third-order valence-electron chi connectivity index (χ3n) is 5.23. The fraction of sp³-hybridized carbons (Fsp3) is 0.227. The normalized spacial score (nSPS) is 15.5. The lowest BCUT2D eigenvalue weighted by Crippen LogP contribution is -2.44. The molecule has 148 valence electrons. The first kappa shape index (κ1) is 18.7. The van der Waals surface area contributed by atoms with E-state index in [2.05, 4.69) is 5.32 Å². The number of amides is 1. The molecule has 1 aromatic heterocycles. The molecule has 2 aromatic carbocycles. The molecule has 0 saturated heterocycles. The van der Waals surface area contributed by atoms with Crippen LogP contribution in [0.25, 0.3) is 0 Å². The number of nitrogens with zero attached hydrogens (tertiary/aromatic N) is 2. The average Bonchev–Trinajstić information content (AvgIpc) is 2.75. The van der Waals surface area contributed by atoms with Crippen molar-refractivity contribution in [1.82, 2.24) is 9.13 Å². The molecule has 29 heavy (non-hydrogen) atoms. The van der Waals surface area contributed by atoms with Gasteiger partial charge in [-0.3, -0.25) is 18.7 Å². The van der Waals surface area contributed by atoms with E-state index in [4.69, 9.17) is 4.74 Å². The standard InChI is InChI=1S/C22H21N3O4/c1-24-20-19(21(27)25(2)22(24)28)17(12-18(26)23-20)15-8-10-16(11-9-15)29-13-14-6-4-3-5-7-14/h3-11,17H,12-13H2,1-2H3,(H,23,26)/t17-/m1/s1. The number of benzene rings is 2. The Bertz CT molecular complexity index is 1180. The summed E-state index contributed by atoms with van der Waals surface area (Å²) in [6.07, 6.45) is 0.144. The monoisotopic (exact) mass is 391 g/mol. The average molecular weight is 391 g/mol. The number of carbonyl (C=O) groups is 1. The van der Waals surface area contributed by atoms with Gasteiger partial charge in [0, 0.05) is 26.4 Å². The van der Waals surface area contributed by atoms with Crippen molar-refractivity contribution in [2.24, 2.45) is 14.1 Å². The molecule has 7 heteroatoms. The Labute approximate surface area is 167 Å². The molecule has 0 fully saturated rings. The van der Waals surface area contributed by atoms with E-state index in [9.17, 15) is 14.4 Å². The molecule has 0 bridgehead atoms. The van der Waals surface area contributed by atoms with Crippen LogP contribution in [0, 0.1) is 0 Å². The number of ether oxygens (including phenoxy) is 1. The highest BCUT2D eigenvalue weighted by Crippen LogP contribution is 2.34. The summed E-state index contributed by atoms with van der Waals surface area (Å²) in [4.78, 5) is 37.2. The van der Waals surface area contributed by atoms with Crippen molar-refractivity contribution in [3.05, 3.63) is 92.1 Å². The maximum absolute atomic E-state index is 12.8. The molecule has 1 N–H and O–H groups in total. The van der Waals surface area contributed by atoms with Gasteiger partial charge >= 0.3 is 5.69 Å². The number of anilines is 1. The SMILES string of the molecule is Cn1c2c(c(=O)n(C)c1=O)[C@@H](c1ccc(OCc3ccccc3)cc1)CC(=O)N2. The predicted molar refractivity (Wildman–Crippen MR) is 109 cm³/mol. The second-order valence-electron chi connectivity index (χ2n) is 7.12. The second-order valence-corrected chi connectivity index (χ2v) is 7.12. The van der Waals surface area contributed by atoms with Crippen molar-refractivity contribution in [3.63, 3.8) is 0 Å². The van der Waals surface area contributed by atoms with Crippen LogP contribution < -0.4 is 21.3 Å². The molecule has 7 nitrogen and oxygen atoms in total. The van der Waals surface area contributed by atoms with E-state index in [1.807, 2.05) is 54.6 Å². The van der Waals surface area contributed by atoms with Gasteiger partial charge in [-0.1, -0.05) is 42.5 Å². The van der Waals surface area contributed by atoms with Crippen LogP contribution in [-0.2, 0) is 25.5 Å². The number of aromatic nitrogens is 2. The summed E-state index contributed by atoms with van der Waals surface area (Å²) in [5.74, 6) is 0.317. The molecular formula is C22H21N3O4. The fourth-order valence-electron chi connectivity index (χ4n) is 3.63. The van der Waals surface area contributed by atoms with Crippen LogP contribution in [0.4, 0.5) is 5.82 Å². The molecular weight excluding hydrogens is 370 g/mol. The molecule has 0 saturated carbocycles. The van der Waals surface area contributed by atoms with Gasteiger partial charge in [0.1, 0.15) is 18.2 Å². The Morgan fingerprint density at radius 3 is 2.34 bits per heavy atom. The van der Waals surface area contributed by atoms with Crippen molar-refractivity contribution in [2.45, 2.75) is 18.9 Å². The third kappa shape index (κ3) is 3.47. The zero-order valence-corrected chi connectivity index (χ0v) is 16.2. The van der Waals surface area contributed by atoms with Gasteiger partial charge in [-0.15, -0.1) is 0 Å². The van der Waals surface area contributed by atoms with E-state index in [0.29, 0.717) is 17.9 Å². The zero-order valence-electron chi connectivity index (χ0n) is 16.2. The third-order valence-corrected chi connectivity index (χ3v) is 5.23. The highest BCUT2D eigenvalue weighted by atomic mass is 16.5. The van der Waals surface area contributed by atoms with Crippen LogP contribution in [-0.4, -0.2) is 15.0 Å². The van der Waals surface area contributed by atoms with Gasteiger partial charge in [-0.05, 0) is 23.3 Å². The Balaban J connectivity index is 1.65. The van der Waals surface area contributed by atoms with E-state index >= 15 is 0 Å². The van der Waals surface area contributed by atoms with E-state index in [0.717, 1.165) is 15.7 Å². The minimum absolute atomic E-state index is 0.144. The number of fused-ring (bicyclic) bond motifs is 1. The van der Waals surface area contributed by atoms with E-state index < -0.39 is 17.2 Å². The molecule has 1 atom stereocenters. The maximum atomic E-state index is 12.8. The van der Waals surface area contributed by atoms with Crippen LogP contribution in [0.1, 0.15) is 29.0 Å². The fourth-order valence-corrected chi connectivity index (χ4v) is 3.63. The first-order chi connectivity index (χ1) is 14.0. The van der Waals surface area contributed by atoms with E-state index in [-0.39, 0.29) is 18.1 Å². The Hall–Kier alpha value is -3.61. The number of hydrogen-bond acceptors (Lipinski definition) is 4. The molecule has 0 aliphatic carbocycles. The number of nitrogens with one attached hydrogen (secondary N) is 1. The molecule has 3 aromatic rings. The summed E-state index contributed by atoms with van der Waals surface area (Å²) in [5, 5.41) is 2.67. The Morgan fingerprint density at radius 2 is 1.66 bits per heavy atom. The van der Waals surface area contributed by atoms with Gasteiger partial charge in [-0.2, -0.15) is 0 Å². The first-order valence-electron chi connectivity index (χ1n) is 9.32. The number of carbonyl (C=O) groups excluding carboxylic acids is 1. The molecule has 2 heterocycles. The van der Waals surface area contributed by atoms with Gasteiger partial charge in [0.25, 0.3) is 5.56 Å². The van der Waals surface area contributed by atoms with Gasteiger partial charge in [0.05, 0.1) is 5.56 Å². The summed E-state index contributed by atoms with van der Waals surface area (Å²) < 4.78 is 8.19. The van der Waals surface area contributed by atoms with Crippen molar-refractivity contribution in [2.75, 3.05) is 5.32 Å². The topological polar surface area (TPSA) is 82.3 Å². The number of rotatable bonds is 4. The summed E-state index contributed by atoms with van der Waals surface area (Å²) in [5.41, 5.74) is 1.45. The maximum Gasteiger partial charge on any atom is 0.332 e. The lowest BCUT2D eigenvalue weighted by atomic mass is 9.86. The number of hydrogen-bond donors (Lipinski definition) is 1. The molecule has 1 aliphatic rings. The minimum atomic E-state index is -0.473. The summed E-state index contributed by atoms with van der Waals surface area (Å²) >= 11 is 0. The van der Waals surface area contributed by atoms with Crippen molar-refractivity contribution in [3.8, 4) is 5.75 Å². The Morgan fingerprint density at radius 1 is 0.966 bits per heavy atom. The van der Waals surface area contributed by atoms with Gasteiger partial charge in [0.15, 0.2) is 0 Å². The van der Waals surface area contributed by atoms with E-state index in [1.165, 1.54) is 11.6 Å². The zero-order chi connectivity index (χ0) is 20.5. The summed E-state index contributed by atoms with van der Waals surface area (Å²) in [6, 6.07) is 17.2. The quantitative estimate of drug-likeness (QED) is 0.739. The van der Waals surface area contributed by atoms with E-state index in [1.54, 1.807) is 7.05 Å². The van der Waals surface area contributed by atoms with Crippen LogP contribution >= 0.6 is 0 Å². The second kappa shape index (κ2) is 7.43. The molecule has 0 spiro atoms.